The van der Waals surface area contributed by atoms with Gasteiger partial charge in [0, 0.05) is 19.4 Å². The highest BCUT2D eigenvalue weighted by Crippen LogP contribution is 2.10. The van der Waals surface area contributed by atoms with Crippen LogP contribution in [0.3, 0.4) is 0 Å². The van der Waals surface area contributed by atoms with Crippen LogP contribution in [0.4, 0.5) is 0 Å². The number of nitrogens with one attached hydrogen (secondary N) is 1. The van der Waals surface area contributed by atoms with Gasteiger partial charge in [0.15, 0.2) is 11.8 Å². The zero-order valence-electron chi connectivity index (χ0n) is 12.0. The van der Waals surface area contributed by atoms with Crippen LogP contribution in [0.15, 0.2) is 12.3 Å². The van der Waals surface area contributed by atoms with Crippen molar-refractivity contribution in [1.82, 2.24) is 19.9 Å². The Morgan fingerprint density at radius 2 is 2.19 bits per heavy atom. The number of hydrogen-bond donors (Lipinski definition) is 2. The summed E-state index contributed by atoms with van der Waals surface area (Å²) in [6.45, 7) is 3.46. The van der Waals surface area contributed by atoms with E-state index in [1.807, 2.05) is 6.92 Å². The van der Waals surface area contributed by atoms with E-state index in [0.717, 1.165) is 5.69 Å². The number of fused-ring (bicyclic) bond motifs is 1. The van der Waals surface area contributed by atoms with Gasteiger partial charge < -0.3 is 15.2 Å². The number of methoxy groups -OCH3 is 1. The Morgan fingerprint density at radius 1 is 1.48 bits per heavy atom. The summed E-state index contributed by atoms with van der Waals surface area (Å²) in [5.74, 6) is -1.55. The van der Waals surface area contributed by atoms with Gasteiger partial charge in [0.05, 0.1) is 23.5 Å². The first-order valence-corrected chi connectivity index (χ1v) is 6.29. The second-order valence-corrected chi connectivity index (χ2v) is 4.59. The molecule has 0 saturated heterocycles. The van der Waals surface area contributed by atoms with Crippen LogP contribution in [0.25, 0.3) is 5.65 Å². The highest BCUT2D eigenvalue weighted by atomic mass is 16.5. The first kappa shape index (κ1) is 14.9. The lowest BCUT2D eigenvalue weighted by atomic mass is 10.2. The van der Waals surface area contributed by atoms with Crippen LogP contribution in [0.5, 0.6) is 0 Å². The molecule has 8 nitrogen and oxygen atoms in total. The van der Waals surface area contributed by atoms with E-state index in [4.69, 9.17) is 9.84 Å². The zero-order chi connectivity index (χ0) is 15.6. The van der Waals surface area contributed by atoms with Crippen molar-refractivity contribution in [3.05, 3.63) is 29.2 Å². The van der Waals surface area contributed by atoms with E-state index in [1.54, 1.807) is 17.5 Å². The molecule has 2 heterocycles. The quantitative estimate of drug-likeness (QED) is 0.814. The van der Waals surface area contributed by atoms with Gasteiger partial charge in [0.25, 0.3) is 5.91 Å². The maximum atomic E-state index is 12.1. The lowest BCUT2D eigenvalue weighted by Gasteiger charge is -2.12. The van der Waals surface area contributed by atoms with Crippen LogP contribution in [0.1, 0.15) is 21.7 Å². The van der Waals surface area contributed by atoms with Crippen LogP contribution in [0, 0.1) is 13.8 Å². The molecule has 0 aliphatic rings. The first-order chi connectivity index (χ1) is 9.93. The molecule has 2 N–H and O–H groups in total. The number of aryl methyl sites for hydroxylation is 2. The molecule has 0 spiro atoms. The second kappa shape index (κ2) is 5.88. The minimum atomic E-state index is -1.13. The van der Waals surface area contributed by atoms with Crippen molar-refractivity contribution in [2.45, 2.75) is 20.0 Å². The molecule has 2 rings (SSSR count). The fraction of sp³-hybridized carbons (Fsp3) is 0.385. The molecule has 8 heteroatoms. The number of aromatic nitrogens is 3. The number of carbonyl (C=O) groups excluding carboxylic acids is 1. The normalized spacial score (nSPS) is 12.3. The summed E-state index contributed by atoms with van der Waals surface area (Å²) in [5.41, 5.74) is 2.43. The summed E-state index contributed by atoms with van der Waals surface area (Å²) in [4.78, 5) is 27.1. The maximum Gasteiger partial charge on any atom is 0.334 e. The predicted octanol–water partition coefficient (Wildman–Crippen LogP) is 0.176. The molecule has 112 valence electrons. The van der Waals surface area contributed by atoms with Gasteiger partial charge in [-0.2, -0.15) is 5.10 Å². The molecule has 2 aromatic heterocycles. The molecule has 0 aliphatic carbocycles. The SMILES string of the molecule is COC(CNC(=O)c1cnc2cc(C)nn2c1C)C(=O)O. The van der Waals surface area contributed by atoms with Gasteiger partial charge in [0.1, 0.15) is 0 Å². The van der Waals surface area contributed by atoms with Crippen molar-refractivity contribution in [3.63, 3.8) is 0 Å². The van der Waals surface area contributed by atoms with Gasteiger partial charge >= 0.3 is 5.97 Å². The molecule has 1 atom stereocenters. The average Bonchev–Trinajstić information content (AvgIpc) is 2.80. The molecule has 2 aromatic rings. The summed E-state index contributed by atoms with van der Waals surface area (Å²) < 4.78 is 6.33. The van der Waals surface area contributed by atoms with Gasteiger partial charge in [-0.1, -0.05) is 0 Å². The molecule has 1 amide bonds. The number of rotatable bonds is 5. The number of amides is 1. The van der Waals surface area contributed by atoms with Gasteiger partial charge in [-0.05, 0) is 13.8 Å². The third kappa shape index (κ3) is 3.00. The van der Waals surface area contributed by atoms with Crippen molar-refractivity contribution in [2.75, 3.05) is 13.7 Å². The Labute approximate surface area is 120 Å². The van der Waals surface area contributed by atoms with Crippen LogP contribution in [0.2, 0.25) is 0 Å². The van der Waals surface area contributed by atoms with Crippen LogP contribution < -0.4 is 5.32 Å². The van der Waals surface area contributed by atoms with Gasteiger partial charge in [-0.3, -0.25) is 4.79 Å². The Bertz CT molecular complexity index is 695. The summed E-state index contributed by atoms with van der Waals surface area (Å²) in [6.07, 6.45) is 0.363. The van der Waals surface area contributed by atoms with Gasteiger partial charge in [0.2, 0.25) is 0 Å². The summed E-state index contributed by atoms with van der Waals surface area (Å²) in [5, 5.41) is 15.6. The molecule has 0 saturated carbocycles. The lowest BCUT2D eigenvalue weighted by molar-refractivity contribution is -0.148. The number of carboxylic acids is 1. The van der Waals surface area contributed by atoms with Crippen molar-refractivity contribution >= 4 is 17.5 Å². The highest BCUT2D eigenvalue weighted by Gasteiger charge is 2.19. The van der Waals surface area contributed by atoms with Crippen LogP contribution in [-0.4, -0.2) is 51.3 Å². The second-order valence-electron chi connectivity index (χ2n) is 4.59. The van der Waals surface area contributed by atoms with E-state index in [1.165, 1.54) is 13.3 Å². The van der Waals surface area contributed by atoms with Crippen molar-refractivity contribution in [3.8, 4) is 0 Å². The van der Waals surface area contributed by atoms with Crippen LogP contribution in [-0.2, 0) is 9.53 Å². The van der Waals surface area contributed by atoms with Crippen molar-refractivity contribution < 1.29 is 19.4 Å². The fourth-order valence-electron chi connectivity index (χ4n) is 1.94. The number of carbonyl (C=O) groups is 2. The smallest absolute Gasteiger partial charge is 0.334 e. The number of nitrogens with zero attached hydrogens (tertiary/aromatic N) is 3. The first-order valence-electron chi connectivity index (χ1n) is 6.29. The number of aliphatic carboxylic acids is 1. The van der Waals surface area contributed by atoms with E-state index in [9.17, 15) is 9.59 Å². The minimum Gasteiger partial charge on any atom is -0.479 e. The average molecular weight is 292 g/mol. The van der Waals surface area contributed by atoms with Crippen molar-refractivity contribution in [1.29, 1.82) is 0 Å². The number of hydrogen-bond acceptors (Lipinski definition) is 5. The molecular formula is C13H16N4O4. The molecule has 21 heavy (non-hydrogen) atoms. The standard InChI is InChI=1S/C13H16N4O4/c1-7-4-11-14-5-9(8(2)17(11)16-7)12(18)15-6-10(21-3)13(19)20/h4-5,10H,6H2,1-3H3,(H,15,18)(H,19,20). The summed E-state index contributed by atoms with van der Waals surface area (Å²) >= 11 is 0. The van der Waals surface area contributed by atoms with E-state index >= 15 is 0 Å². The predicted molar refractivity (Wildman–Crippen MR) is 73.2 cm³/mol. The summed E-state index contributed by atoms with van der Waals surface area (Å²) in [6, 6.07) is 1.81. The van der Waals surface area contributed by atoms with E-state index < -0.39 is 18.0 Å². The molecule has 0 fully saturated rings. The number of carboxylic acid groups (broad SMARTS) is 1. The topological polar surface area (TPSA) is 106 Å². The molecule has 0 bridgehead atoms. The highest BCUT2D eigenvalue weighted by molar-refractivity contribution is 5.95. The van der Waals surface area contributed by atoms with E-state index in [-0.39, 0.29) is 6.54 Å². The van der Waals surface area contributed by atoms with E-state index in [2.05, 4.69) is 15.4 Å². The van der Waals surface area contributed by atoms with Gasteiger partial charge in [-0.15, -0.1) is 0 Å². The maximum absolute atomic E-state index is 12.1. The fourth-order valence-corrected chi connectivity index (χ4v) is 1.94. The summed E-state index contributed by atoms with van der Waals surface area (Å²) in [7, 11) is 1.27. The Hall–Kier alpha value is -2.48. The lowest BCUT2D eigenvalue weighted by Crippen LogP contribution is -2.38. The third-order valence-electron chi connectivity index (χ3n) is 3.10. The Morgan fingerprint density at radius 3 is 2.81 bits per heavy atom. The molecule has 0 radical (unpaired) electrons. The molecular weight excluding hydrogens is 276 g/mol. The third-order valence-corrected chi connectivity index (χ3v) is 3.10. The Balaban J connectivity index is 2.19. The van der Waals surface area contributed by atoms with E-state index in [0.29, 0.717) is 16.9 Å². The molecule has 0 aliphatic heterocycles. The van der Waals surface area contributed by atoms with Crippen molar-refractivity contribution in [2.24, 2.45) is 0 Å². The Kier molecular flexibility index (Phi) is 4.18. The van der Waals surface area contributed by atoms with Gasteiger partial charge in [-0.25, -0.2) is 14.3 Å². The molecule has 0 aromatic carbocycles. The molecule has 1 unspecified atom stereocenters. The minimum absolute atomic E-state index is 0.125. The zero-order valence-corrected chi connectivity index (χ0v) is 12.0. The number of ether oxygens (including phenoxy) is 1. The largest absolute Gasteiger partial charge is 0.479 e. The monoisotopic (exact) mass is 292 g/mol. The van der Waals surface area contributed by atoms with Crippen LogP contribution >= 0.6 is 0 Å².